The van der Waals surface area contributed by atoms with Gasteiger partial charge in [0, 0.05) is 37.3 Å². The largest absolute Gasteiger partial charge is 0.384 e. The number of nitrogens with zero attached hydrogens (tertiary/aromatic N) is 2. The number of rotatable bonds is 9. The van der Waals surface area contributed by atoms with Gasteiger partial charge in [-0.15, -0.1) is 0 Å². The summed E-state index contributed by atoms with van der Waals surface area (Å²) in [5, 5.41) is 10.7. The molecule has 0 amide bonds. The second-order valence-electron chi connectivity index (χ2n) is 6.36. The Hall–Kier alpha value is -2.01. The Labute approximate surface area is 155 Å². The van der Waals surface area contributed by atoms with Crippen molar-refractivity contribution in [3.05, 3.63) is 59.8 Å². The van der Waals surface area contributed by atoms with Crippen molar-refractivity contribution in [2.24, 2.45) is 4.99 Å². The number of benzene rings is 1. The zero-order valence-corrected chi connectivity index (χ0v) is 16.2. The van der Waals surface area contributed by atoms with Gasteiger partial charge in [-0.1, -0.05) is 50.8 Å². The number of alkyl halides is 2. The van der Waals surface area contributed by atoms with Crippen molar-refractivity contribution >= 4 is 5.84 Å². The molecule has 0 aromatic heterocycles. The van der Waals surface area contributed by atoms with E-state index in [1.807, 2.05) is 13.0 Å². The number of halogens is 2. The quantitative estimate of drug-likeness (QED) is 0.468. The third-order valence-electron chi connectivity index (χ3n) is 3.98. The van der Waals surface area contributed by atoms with E-state index >= 15 is 0 Å². The first-order valence-electron chi connectivity index (χ1n) is 9.05. The summed E-state index contributed by atoms with van der Waals surface area (Å²) in [5.41, 5.74) is 0.894. The molecule has 26 heavy (non-hydrogen) atoms. The zero-order chi connectivity index (χ0) is 19.7. The molecule has 0 saturated heterocycles. The first kappa shape index (κ1) is 22.0. The predicted molar refractivity (Wildman–Crippen MR) is 105 cm³/mol. The van der Waals surface area contributed by atoms with Crippen molar-refractivity contribution in [1.82, 2.24) is 4.90 Å². The molecule has 0 bridgehead atoms. The molecule has 1 rings (SSSR count). The molecule has 144 valence electrons. The third-order valence-corrected chi connectivity index (χ3v) is 3.98. The van der Waals surface area contributed by atoms with Crippen LogP contribution in [0.5, 0.6) is 0 Å². The monoisotopic (exact) mass is 364 g/mol. The number of aliphatic imine (C=N–C) groups is 1. The van der Waals surface area contributed by atoms with Crippen LogP contribution in [0.15, 0.2) is 53.7 Å². The molecule has 0 radical (unpaired) electrons. The summed E-state index contributed by atoms with van der Waals surface area (Å²) in [5.74, 6) is -2.28. The standard InChI is InChI=1S/C21H30F2N2O/c1-6-13-24-20(25(14-7-2)15-8-3)16(4)19(26)17-9-11-18(12-10-17)21(5,22)23/h6,9-13,19,26H,4,7-8,14-15H2,1-3,5H3/b13-6-,24-20+. The van der Waals surface area contributed by atoms with Crippen molar-refractivity contribution in [3.63, 3.8) is 0 Å². The van der Waals surface area contributed by atoms with Gasteiger partial charge >= 0.3 is 0 Å². The average molecular weight is 364 g/mol. The molecule has 0 aliphatic heterocycles. The lowest BCUT2D eigenvalue weighted by molar-refractivity contribution is 0.0174. The first-order valence-corrected chi connectivity index (χ1v) is 9.05. The van der Waals surface area contributed by atoms with Crippen molar-refractivity contribution in [2.45, 2.75) is 52.6 Å². The molecule has 0 aliphatic rings. The van der Waals surface area contributed by atoms with Gasteiger partial charge in [-0.3, -0.25) is 0 Å². The second kappa shape index (κ2) is 10.2. The Morgan fingerprint density at radius 1 is 1.23 bits per heavy atom. The fourth-order valence-corrected chi connectivity index (χ4v) is 2.66. The van der Waals surface area contributed by atoms with Crippen molar-refractivity contribution in [1.29, 1.82) is 0 Å². The zero-order valence-electron chi connectivity index (χ0n) is 16.2. The molecule has 0 aliphatic carbocycles. The summed E-state index contributed by atoms with van der Waals surface area (Å²) >= 11 is 0. The fraction of sp³-hybridized carbons (Fsp3) is 0.476. The van der Waals surface area contributed by atoms with Gasteiger partial charge in [0.05, 0.1) is 0 Å². The molecule has 0 saturated carbocycles. The summed E-state index contributed by atoms with van der Waals surface area (Å²) in [7, 11) is 0. The molecule has 1 unspecified atom stereocenters. The normalized spacial score (nSPS) is 13.9. The predicted octanol–water partition coefficient (Wildman–Crippen LogP) is 5.44. The van der Waals surface area contributed by atoms with Crippen LogP contribution in [0.1, 0.15) is 57.8 Å². The smallest absolute Gasteiger partial charge is 0.270 e. The Morgan fingerprint density at radius 3 is 2.19 bits per heavy atom. The molecule has 0 spiro atoms. The molecule has 3 nitrogen and oxygen atoms in total. The van der Waals surface area contributed by atoms with Gasteiger partial charge < -0.3 is 10.0 Å². The maximum atomic E-state index is 13.4. The summed E-state index contributed by atoms with van der Waals surface area (Å²) in [6, 6.07) is 5.70. The topological polar surface area (TPSA) is 35.8 Å². The van der Waals surface area contributed by atoms with Crippen LogP contribution in [0, 0.1) is 0 Å². The van der Waals surface area contributed by atoms with E-state index in [9.17, 15) is 13.9 Å². The van der Waals surface area contributed by atoms with Gasteiger partial charge in [0.1, 0.15) is 11.9 Å². The van der Waals surface area contributed by atoms with E-state index in [1.54, 1.807) is 6.20 Å². The minimum atomic E-state index is -2.90. The summed E-state index contributed by atoms with van der Waals surface area (Å²) in [6.45, 7) is 12.5. The Kier molecular flexibility index (Phi) is 8.66. The molecule has 1 N–H and O–H groups in total. The first-order chi connectivity index (χ1) is 12.3. The Balaban J connectivity index is 3.13. The molecular weight excluding hydrogens is 334 g/mol. The number of aliphatic hydroxyl groups is 1. The molecular formula is C21H30F2N2O. The Bertz CT molecular complexity index is 624. The van der Waals surface area contributed by atoms with Crippen molar-refractivity contribution in [2.75, 3.05) is 13.1 Å². The SMILES string of the molecule is C=C(/C(=N\C=C/C)N(CCC)CCC)C(O)c1ccc(C(C)(F)F)cc1. The third kappa shape index (κ3) is 6.06. The van der Waals surface area contributed by atoms with Crippen LogP contribution in [0.25, 0.3) is 0 Å². The van der Waals surface area contributed by atoms with Crippen LogP contribution in [-0.2, 0) is 5.92 Å². The number of hydrogen-bond acceptors (Lipinski definition) is 2. The van der Waals surface area contributed by atoms with Crippen LogP contribution in [0.3, 0.4) is 0 Å². The molecule has 5 heteroatoms. The van der Waals surface area contributed by atoms with Gasteiger partial charge in [0.15, 0.2) is 0 Å². The molecule has 0 fully saturated rings. The lowest BCUT2D eigenvalue weighted by atomic mass is 9.98. The van der Waals surface area contributed by atoms with Crippen LogP contribution in [0.4, 0.5) is 8.78 Å². The van der Waals surface area contributed by atoms with E-state index in [0.717, 1.165) is 32.9 Å². The van der Waals surface area contributed by atoms with Crippen molar-refractivity contribution in [3.8, 4) is 0 Å². The van der Waals surface area contributed by atoms with Crippen LogP contribution < -0.4 is 0 Å². The van der Waals surface area contributed by atoms with E-state index < -0.39 is 12.0 Å². The van der Waals surface area contributed by atoms with Gasteiger partial charge in [0.2, 0.25) is 0 Å². The highest BCUT2D eigenvalue weighted by Crippen LogP contribution is 2.29. The van der Waals surface area contributed by atoms with E-state index in [-0.39, 0.29) is 5.56 Å². The van der Waals surface area contributed by atoms with E-state index in [0.29, 0.717) is 17.0 Å². The van der Waals surface area contributed by atoms with Crippen molar-refractivity contribution < 1.29 is 13.9 Å². The van der Waals surface area contributed by atoms with E-state index in [4.69, 9.17) is 0 Å². The second-order valence-corrected chi connectivity index (χ2v) is 6.36. The number of aliphatic hydroxyl groups excluding tert-OH is 1. The highest BCUT2D eigenvalue weighted by atomic mass is 19.3. The highest BCUT2D eigenvalue weighted by Gasteiger charge is 2.25. The minimum Gasteiger partial charge on any atom is -0.384 e. The fourth-order valence-electron chi connectivity index (χ4n) is 2.66. The average Bonchev–Trinajstić information content (AvgIpc) is 2.61. The summed E-state index contributed by atoms with van der Waals surface area (Å²) in [6.07, 6.45) is 4.37. The van der Waals surface area contributed by atoms with Gasteiger partial charge in [-0.25, -0.2) is 13.8 Å². The molecule has 0 heterocycles. The lowest BCUT2D eigenvalue weighted by Crippen LogP contribution is -2.35. The summed E-state index contributed by atoms with van der Waals surface area (Å²) < 4.78 is 26.8. The maximum absolute atomic E-state index is 13.4. The van der Waals surface area contributed by atoms with Gasteiger partial charge in [0.25, 0.3) is 5.92 Å². The minimum absolute atomic E-state index is 0.0829. The number of amidine groups is 1. The van der Waals surface area contributed by atoms with E-state index in [2.05, 4.69) is 30.3 Å². The lowest BCUT2D eigenvalue weighted by Gasteiger charge is -2.28. The van der Waals surface area contributed by atoms with E-state index in [1.165, 1.54) is 24.3 Å². The number of allylic oxidation sites excluding steroid dienone is 1. The van der Waals surface area contributed by atoms with Gasteiger partial charge in [-0.2, -0.15) is 0 Å². The molecule has 1 aromatic rings. The Morgan fingerprint density at radius 2 is 1.77 bits per heavy atom. The highest BCUT2D eigenvalue weighted by molar-refractivity contribution is 5.99. The molecule has 1 aromatic carbocycles. The maximum Gasteiger partial charge on any atom is 0.270 e. The van der Waals surface area contributed by atoms with Crippen LogP contribution in [-0.4, -0.2) is 28.9 Å². The molecule has 1 atom stereocenters. The summed E-state index contributed by atoms with van der Waals surface area (Å²) in [4.78, 5) is 6.56. The van der Waals surface area contributed by atoms with Crippen LogP contribution >= 0.6 is 0 Å². The number of hydrogen-bond donors (Lipinski definition) is 1. The van der Waals surface area contributed by atoms with Gasteiger partial charge in [-0.05, 0) is 25.3 Å². The van der Waals surface area contributed by atoms with Crippen LogP contribution in [0.2, 0.25) is 0 Å².